The SMILES string of the molecule is CCNc1ncc(C)c(NCC(=O)NCCOC)n1. The van der Waals surface area contributed by atoms with Crippen molar-refractivity contribution in [2.45, 2.75) is 13.8 Å². The second-order valence-electron chi connectivity index (χ2n) is 3.95. The van der Waals surface area contributed by atoms with Gasteiger partial charge in [0.25, 0.3) is 0 Å². The lowest BCUT2D eigenvalue weighted by molar-refractivity contribution is -0.119. The van der Waals surface area contributed by atoms with E-state index >= 15 is 0 Å². The smallest absolute Gasteiger partial charge is 0.239 e. The third-order valence-corrected chi connectivity index (χ3v) is 2.35. The van der Waals surface area contributed by atoms with Crippen molar-refractivity contribution in [1.29, 1.82) is 0 Å². The summed E-state index contributed by atoms with van der Waals surface area (Å²) in [6.07, 6.45) is 1.72. The maximum Gasteiger partial charge on any atom is 0.239 e. The fraction of sp³-hybridized carbons (Fsp3) is 0.583. The molecule has 0 atom stereocenters. The summed E-state index contributed by atoms with van der Waals surface area (Å²) in [4.78, 5) is 20.0. The molecule has 1 heterocycles. The Kier molecular flexibility index (Phi) is 6.59. The van der Waals surface area contributed by atoms with Crippen LogP contribution in [0.15, 0.2) is 6.20 Å². The number of hydrogen-bond acceptors (Lipinski definition) is 6. The van der Waals surface area contributed by atoms with E-state index in [9.17, 15) is 4.79 Å². The molecule has 0 bridgehead atoms. The van der Waals surface area contributed by atoms with Crippen LogP contribution in [0.3, 0.4) is 0 Å². The van der Waals surface area contributed by atoms with Gasteiger partial charge in [-0.1, -0.05) is 0 Å². The first-order valence-electron chi connectivity index (χ1n) is 6.24. The minimum absolute atomic E-state index is 0.0972. The third kappa shape index (κ3) is 5.52. The van der Waals surface area contributed by atoms with Gasteiger partial charge in [0.05, 0.1) is 13.2 Å². The van der Waals surface area contributed by atoms with Gasteiger partial charge in [0, 0.05) is 32.0 Å². The number of aromatic nitrogens is 2. The highest BCUT2D eigenvalue weighted by Crippen LogP contribution is 2.11. The average molecular weight is 267 g/mol. The zero-order valence-electron chi connectivity index (χ0n) is 11.6. The summed E-state index contributed by atoms with van der Waals surface area (Å²) < 4.78 is 4.85. The van der Waals surface area contributed by atoms with E-state index in [4.69, 9.17) is 4.74 Å². The van der Waals surface area contributed by atoms with Crippen molar-refractivity contribution >= 4 is 17.7 Å². The first-order chi connectivity index (χ1) is 9.17. The van der Waals surface area contributed by atoms with Gasteiger partial charge in [-0.2, -0.15) is 4.98 Å². The Hall–Kier alpha value is -1.89. The maximum atomic E-state index is 11.5. The van der Waals surface area contributed by atoms with Crippen molar-refractivity contribution < 1.29 is 9.53 Å². The van der Waals surface area contributed by atoms with E-state index in [1.165, 1.54) is 0 Å². The molecule has 0 aliphatic heterocycles. The second-order valence-corrected chi connectivity index (χ2v) is 3.95. The van der Waals surface area contributed by atoms with Crippen LogP contribution in [0.4, 0.5) is 11.8 Å². The van der Waals surface area contributed by atoms with Crippen LogP contribution in [0.1, 0.15) is 12.5 Å². The standard InChI is InChI=1S/C12H21N5O2/c1-4-13-12-16-7-9(2)11(17-12)15-8-10(18)14-5-6-19-3/h7H,4-6,8H2,1-3H3,(H,14,18)(H2,13,15,16,17). The summed E-state index contributed by atoms with van der Waals surface area (Å²) in [6.45, 7) is 5.79. The van der Waals surface area contributed by atoms with Gasteiger partial charge in [-0.05, 0) is 13.8 Å². The molecule has 0 saturated heterocycles. The lowest BCUT2D eigenvalue weighted by Crippen LogP contribution is -2.32. The minimum atomic E-state index is -0.0972. The van der Waals surface area contributed by atoms with Gasteiger partial charge in [-0.25, -0.2) is 4.98 Å². The lowest BCUT2D eigenvalue weighted by Gasteiger charge is -2.10. The molecule has 0 aromatic carbocycles. The third-order valence-electron chi connectivity index (χ3n) is 2.35. The lowest BCUT2D eigenvalue weighted by atomic mass is 10.3. The number of amides is 1. The van der Waals surface area contributed by atoms with Crippen LogP contribution in [0, 0.1) is 6.92 Å². The summed E-state index contributed by atoms with van der Waals surface area (Å²) in [5.74, 6) is 1.11. The summed E-state index contributed by atoms with van der Waals surface area (Å²) in [5.41, 5.74) is 0.895. The molecule has 1 rings (SSSR count). The summed E-state index contributed by atoms with van der Waals surface area (Å²) in [6, 6.07) is 0. The van der Waals surface area contributed by atoms with Crippen LogP contribution in [0.25, 0.3) is 0 Å². The Balaban J connectivity index is 2.47. The van der Waals surface area contributed by atoms with Crippen LogP contribution in [0.2, 0.25) is 0 Å². The highest BCUT2D eigenvalue weighted by molar-refractivity contribution is 5.80. The Morgan fingerprint density at radius 1 is 1.42 bits per heavy atom. The molecule has 0 unspecified atom stereocenters. The molecule has 1 amide bonds. The highest BCUT2D eigenvalue weighted by atomic mass is 16.5. The normalized spacial score (nSPS) is 10.1. The minimum Gasteiger partial charge on any atom is -0.383 e. The van der Waals surface area contributed by atoms with Crippen LogP contribution < -0.4 is 16.0 Å². The number of hydrogen-bond donors (Lipinski definition) is 3. The van der Waals surface area contributed by atoms with Gasteiger partial charge in [0.2, 0.25) is 11.9 Å². The number of ether oxygens (including phenoxy) is 1. The average Bonchev–Trinajstić information content (AvgIpc) is 2.40. The number of nitrogens with one attached hydrogen (secondary N) is 3. The summed E-state index contributed by atoms with van der Waals surface area (Å²) in [5, 5.41) is 8.75. The first-order valence-corrected chi connectivity index (χ1v) is 6.24. The molecule has 7 heteroatoms. The van der Waals surface area contributed by atoms with E-state index in [-0.39, 0.29) is 12.5 Å². The molecule has 1 aromatic heterocycles. The summed E-state index contributed by atoms with van der Waals surface area (Å²) in [7, 11) is 1.59. The Bertz CT molecular complexity index is 411. The van der Waals surface area contributed by atoms with E-state index in [1.807, 2.05) is 13.8 Å². The molecule has 0 aliphatic carbocycles. The fourth-order valence-electron chi connectivity index (χ4n) is 1.38. The van der Waals surface area contributed by atoms with Crippen LogP contribution in [0.5, 0.6) is 0 Å². The first kappa shape index (κ1) is 15.2. The van der Waals surface area contributed by atoms with E-state index < -0.39 is 0 Å². The molecular formula is C12H21N5O2. The molecular weight excluding hydrogens is 246 g/mol. The Morgan fingerprint density at radius 3 is 2.89 bits per heavy atom. The number of carbonyl (C=O) groups excluding carboxylic acids is 1. The number of anilines is 2. The summed E-state index contributed by atoms with van der Waals surface area (Å²) >= 11 is 0. The molecule has 0 radical (unpaired) electrons. The maximum absolute atomic E-state index is 11.5. The van der Waals surface area contributed by atoms with Gasteiger partial charge < -0.3 is 20.7 Å². The topological polar surface area (TPSA) is 88.2 Å². The largest absolute Gasteiger partial charge is 0.383 e. The fourth-order valence-corrected chi connectivity index (χ4v) is 1.38. The predicted octanol–water partition coefficient (Wildman–Crippen LogP) is 0.391. The number of methoxy groups -OCH3 is 1. The molecule has 106 valence electrons. The van der Waals surface area contributed by atoms with Crippen molar-refractivity contribution in [1.82, 2.24) is 15.3 Å². The molecule has 0 aliphatic rings. The van der Waals surface area contributed by atoms with Crippen molar-refractivity contribution in [3.63, 3.8) is 0 Å². The number of carbonyl (C=O) groups is 1. The Labute approximate surface area is 113 Å². The van der Waals surface area contributed by atoms with Crippen LogP contribution in [-0.2, 0) is 9.53 Å². The monoisotopic (exact) mass is 267 g/mol. The predicted molar refractivity (Wildman–Crippen MR) is 74.3 cm³/mol. The molecule has 0 saturated carbocycles. The number of rotatable bonds is 8. The quantitative estimate of drug-likeness (QED) is 0.591. The van der Waals surface area contributed by atoms with Crippen molar-refractivity contribution in [3.05, 3.63) is 11.8 Å². The van der Waals surface area contributed by atoms with Gasteiger partial charge in [-0.3, -0.25) is 4.79 Å². The zero-order valence-corrected chi connectivity index (χ0v) is 11.6. The molecule has 1 aromatic rings. The van der Waals surface area contributed by atoms with E-state index in [0.717, 1.165) is 12.1 Å². The van der Waals surface area contributed by atoms with E-state index in [1.54, 1.807) is 13.3 Å². The molecule has 3 N–H and O–H groups in total. The molecule has 0 fully saturated rings. The van der Waals surface area contributed by atoms with Crippen molar-refractivity contribution in [2.75, 3.05) is 44.0 Å². The molecule has 19 heavy (non-hydrogen) atoms. The van der Waals surface area contributed by atoms with Crippen molar-refractivity contribution in [3.8, 4) is 0 Å². The number of nitrogens with zero attached hydrogens (tertiary/aromatic N) is 2. The zero-order chi connectivity index (χ0) is 14.1. The van der Waals surface area contributed by atoms with Crippen molar-refractivity contribution in [2.24, 2.45) is 0 Å². The van der Waals surface area contributed by atoms with Gasteiger partial charge in [0.15, 0.2) is 0 Å². The van der Waals surface area contributed by atoms with Gasteiger partial charge in [0.1, 0.15) is 5.82 Å². The van der Waals surface area contributed by atoms with Gasteiger partial charge in [-0.15, -0.1) is 0 Å². The molecule has 7 nitrogen and oxygen atoms in total. The van der Waals surface area contributed by atoms with Crippen LogP contribution in [-0.4, -0.2) is 49.2 Å². The van der Waals surface area contributed by atoms with Gasteiger partial charge >= 0.3 is 0 Å². The van der Waals surface area contributed by atoms with E-state index in [0.29, 0.717) is 24.9 Å². The highest BCUT2D eigenvalue weighted by Gasteiger charge is 2.05. The van der Waals surface area contributed by atoms with E-state index in [2.05, 4.69) is 25.9 Å². The number of aryl methyl sites for hydroxylation is 1. The second kappa shape index (κ2) is 8.25. The van der Waals surface area contributed by atoms with Crippen LogP contribution >= 0.6 is 0 Å². The Morgan fingerprint density at radius 2 is 2.21 bits per heavy atom. The molecule has 0 spiro atoms.